The predicted octanol–water partition coefficient (Wildman–Crippen LogP) is -0.457. The molecule has 1 aliphatic rings. The summed E-state index contributed by atoms with van der Waals surface area (Å²) in [4.78, 5) is 10.5. The molecule has 0 aliphatic carbocycles. The van der Waals surface area contributed by atoms with Crippen LogP contribution in [0.2, 0.25) is 0 Å². The molecule has 0 aromatic rings. The van der Waals surface area contributed by atoms with Crippen molar-refractivity contribution in [1.29, 1.82) is 0 Å². The topological polar surface area (TPSA) is 83.5 Å². The lowest BCUT2D eigenvalue weighted by molar-refractivity contribution is -0.139. The Morgan fingerprint density at radius 3 is 2.67 bits per heavy atom. The number of carboxylic acid groups (broad SMARTS) is 1. The highest BCUT2D eigenvalue weighted by atomic mass is 32.2. The molecule has 1 atom stereocenters. The van der Waals surface area contributed by atoms with Gasteiger partial charge in [0.05, 0.1) is 5.75 Å². The Morgan fingerprint density at radius 2 is 2.08 bits per heavy atom. The van der Waals surface area contributed by atoms with E-state index in [4.69, 9.17) is 5.11 Å². The Hall–Kier alpha value is -0.620. The number of sulfonamides is 1. The summed E-state index contributed by atoms with van der Waals surface area (Å²) in [7, 11) is -3.34. The van der Waals surface area contributed by atoms with Crippen molar-refractivity contribution in [2.75, 3.05) is 5.75 Å². The van der Waals surface area contributed by atoms with Crippen LogP contribution >= 0.6 is 0 Å². The molecular formula is C6H11NO4S. The fourth-order valence-corrected chi connectivity index (χ4v) is 2.50. The van der Waals surface area contributed by atoms with Crippen molar-refractivity contribution in [2.45, 2.75) is 25.3 Å². The summed E-state index contributed by atoms with van der Waals surface area (Å²) in [5, 5.41) is 8.57. The van der Waals surface area contributed by atoms with Gasteiger partial charge >= 0.3 is 5.97 Å². The number of carboxylic acids is 1. The molecule has 70 valence electrons. The molecule has 0 radical (unpaired) electrons. The lowest BCUT2D eigenvalue weighted by atomic mass is 10.1. The van der Waals surface area contributed by atoms with Crippen molar-refractivity contribution >= 4 is 16.0 Å². The first-order valence-electron chi connectivity index (χ1n) is 3.74. The van der Waals surface area contributed by atoms with Crippen molar-refractivity contribution in [2.24, 2.45) is 0 Å². The highest BCUT2D eigenvalue weighted by Gasteiger charge is 2.26. The maximum absolute atomic E-state index is 11.0. The van der Waals surface area contributed by atoms with Gasteiger partial charge in [-0.25, -0.2) is 13.1 Å². The van der Waals surface area contributed by atoms with Crippen LogP contribution in [0.3, 0.4) is 0 Å². The second kappa shape index (κ2) is 3.40. The first-order chi connectivity index (χ1) is 5.51. The number of rotatable bonds is 1. The summed E-state index contributed by atoms with van der Waals surface area (Å²) in [6, 6.07) is -0.933. The Balaban J connectivity index is 2.73. The Kier molecular flexibility index (Phi) is 2.69. The normalized spacial score (nSPS) is 29.2. The van der Waals surface area contributed by atoms with Crippen molar-refractivity contribution in [3.05, 3.63) is 0 Å². The maximum Gasteiger partial charge on any atom is 0.321 e. The van der Waals surface area contributed by atoms with E-state index in [0.717, 1.165) is 0 Å². The van der Waals surface area contributed by atoms with Crippen LogP contribution in [0.5, 0.6) is 0 Å². The van der Waals surface area contributed by atoms with Gasteiger partial charge in [0.25, 0.3) is 0 Å². The number of nitrogens with one attached hydrogen (secondary N) is 1. The lowest BCUT2D eigenvalue weighted by Gasteiger charge is -2.08. The molecule has 1 fully saturated rings. The van der Waals surface area contributed by atoms with E-state index >= 15 is 0 Å². The molecule has 1 rings (SSSR count). The fraction of sp³-hybridized carbons (Fsp3) is 0.833. The van der Waals surface area contributed by atoms with Gasteiger partial charge in [0.15, 0.2) is 0 Å². The Bertz CT molecular complexity index is 271. The molecular weight excluding hydrogens is 182 g/mol. The van der Waals surface area contributed by atoms with Gasteiger partial charge in [0.2, 0.25) is 10.0 Å². The molecule has 1 unspecified atom stereocenters. The SMILES string of the molecule is O=C(O)C1CCCCS(=O)(=O)N1. The number of carbonyl (C=O) groups is 1. The van der Waals surface area contributed by atoms with Crippen molar-refractivity contribution in [1.82, 2.24) is 4.72 Å². The van der Waals surface area contributed by atoms with Crippen molar-refractivity contribution in [3.63, 3.8) is 0 Å². The molecule has 1 aliphatic heterocycles. The summed E-state index contributed by atoms with van der Waals surface area (Å²) < 4.78 is 24.1. The molecule has 0 aromatic heterocycles. The highest BCUT2D eigenvalue weighted by Crippen LogP contribution is 2.09. The quantitative estimate of drug-likeness (QED) is 0.590. The van der Waals surface area contributed by atoms with E-state index in [1.165, 1.54) is 0 Å². The van der Waals surface area contributed by atoms with Crippen LogP contribution in [0.15, 0.2) is 0 Å². The predicted molar refractivity (Wildman–Crippen MR) is 42.2 cm³/mol. The van der Waals surface area contributed by atoms with Crippen LogP contribution in [0.25, 0.3) is 0 Å². The Morgan fingerprint density at radius 1 is 1.42 bits per heavy atom. The smallest absolute Gasteiger partial charge is 0.321 e. The third-order valence-corrected chi connectivity index (χ3v) is 3.25. The molecule has 12 heavy (non-hydrogen) atoms. The van der Waals surface area contributed by atoms with Crippen molar-refractivity contribution in [3.8, 4) is 0 Å². The zero-order valence-corrected chi connectivity index (χ0v) is 7.30. The summed E-state index contributed by atoms with van der Waals surface area (Å²) >= 11 is 0. The molecule has 5 nitrogen and oxygen atoms in total. The van der Waals surface area contributed by atoms with Crippen molar-refractivity contribution < 1.29 is 18.3 Å². The number of hydrogen-bond donors (Lipinski definition) is 2. The van der Waals surface area contributed by atoms with Gasteiger partial charge in [-0.3, -0.25) is 4.79 Å². The molecule has 0 amide bonds. The fourth-order valence-electron chi connectivity index (χ4n) is 1.15. The molecule has 2 N–H and O–H groups in total. The maximum atomic E-state index is 11.0. The average molecular weight is 193 g/mol. The van der Waals surface area contributed by atoms with Crippen LogP contribution in [-0.4, -0.2) is 31.3 Å². The van der Waals surface area contributed by atoms with Gasteiger partial charge in [-0.05, 0) is 12.8 Å². The van der Waals surface area contributed by atoms with E-state index < -0.39 is 22.0 Å². The minimum absolute atomic E-state index is 0.0385. The van der Waals surface area contributed by atoms with Gasteiger partial charge < -0.3 is 5.11 Å². The van der Waals surface area contributed by atoms with Crippen LogP contribution in [-0.2, 0) is 14.8 Å². The number of aliphatic carboxylic acids is 1. The van der Waals surface area contributed by atoms with Gasteiger partial charge in [0, 0.05) is 0 Å². The minimum Gasteiger partial charge on any atom is -0.480 e. The molecule has 0 saturated carbocycles. The first kappa shape index (κ1) is 9.47. The largest absolute Gasteiger partial charge is 0.480 e. The third-order valence-electron chi connectivity index (χ3n) is 1.78. The van der Waals surface area contributed by atoms with Crippen LogP contribution in [0, 0.1) is 0 Å². The highest BCUT2D eigenvalue weighted by molar-refractivity contribution is 7.89. The standard InChI is InChI=1S/C6H11NO4S/c8-6(9)5-3-1-2-4-12(10,11)7-5/h5,7H,1-4H2,(H,8,9). The van der Waals surface area contributed by atoms with Gasteiger partial charge in [0.1, 0.15) is 6.04 Å². The summed E-state index contributed by atoms with van der Waals surface area (Å²) in [5.74, 6) is -1.06. The van der Waals surface area contributed by atoms with Crippen LogP contribution in [0.1, 0.15) is 19.3 Å². The van der Waals surface area contributed by atoms with Crippen LogP contribution < -0.4 is 4.72 Å². The van der Waals surface area contributed by atoms with E-state index in [-0.39, 0.29) is 5.75 Å². The third kappa shape index (κ3) is 2.46. The van der Waals surface area contributed by atoms with E-state index in [0.29, 0.717) is 19.3 Å². The van der Waals surface area contributed by atoms with E-state index in [1.807, 2.05) is 0 Å². The summed E-state index contributed by atoms with van der Waals surface area (Å²) in [5.41, 5.74) is 0. The molecule has 6 heteroatoms. The van der Waals surface area contributed by atoms with Gasteiger partial charge in [-0.2, -0.15) is 0 Å². The van der Waals surface area contributed by atoms with Crippen LogP contribution in [0.4, 0.5) is 0 Å². The van der Waals surface area contributed by atoms with Gasteiger partial charge in [-0.15, -0.1) is 0 Å². The lowest BCUT2D eigenvalue weighted by Crippen LogP contribution is -2.39. The molecule has 1 heterocycles. The minimum atomic E-state index is -3.34. The van der Waals surface area contributed by atoms with Gasteiger partial charge in [-0.1, -0.05) is 6.42 Å². The molecule has 1 saturated heterocycles. The first-order valence-corrected chi connectivity index (χ1v) is 5.39. The summed E-state index contributed by atoms with van der Waals surface area (Å²) in [6.07, 6.45) is 1.57. The number of hydrogen-bond acceptors (Lipinski definition) is 3. The molecule has 0 bridgehead atoms. The summed E-state index contributed by atoms with van der Waals surface area (Å²) in [6.45, 7) is 0. The second-order valence-electron chi connectivity index (χ2n) is 2.82. The second-order valence-corrected chi connectivity index (χ2v) is 4.70. The monoisotopic (exact) mass is 193 g/mol. The molecule has 0 aromatic carbocycles. The van der Waals surface area contributed by atoms with E-state index in [9.17, 15) is 13.2 Å². The molecule has 0 spiro atoms. The van der Waals surface area contributed by atoms with E-state index in [2.05, 4.69) is 4.72 Å². The van der Waals surface area contributed by atoms with E-state index in [1.54, 1.807) is 0 Å². The Labute approximate surface area is 70.8 Å². The zero-order chi connectivity index (χ0) is 9.19. The zero-order valence-electron chi connectivity index (χ0n) is 6.49. The average Bonchev–Trinajstić information content (AvgIpc) is 2.10.